The minimum atomic E-state index is -1.07. The van der Waals surface area contributed by atoms with E-state index in [-0.39, 0.29) is 5.69 Å². The van der Waals surface area contributed by atoms with Gasteiger partial charge in [-0.05, 0) is 6.07 Å². The van der Waals surface area contributed by atoms with Gasteiger partial charge < -0.3 is 9.99 Å². The van der Waals surface area contributed by atoms with Crippen LogP contribution in [0.4, 0.5) is 0 Å². The van der Waals surface area contributed by atoms with Gasteiger partial charge in [-0.3, -0.25) is 0 Å². The lowest BCUT2D eigenvalue weighted by atomic mass is 10.5. The summed E-state index contributed by atoms with van der Waals surface area (Å²) in [6.07, 6.45) is 3.14. The normalized spacial score (nSPS) is 15.2. The first-order chi connectivity index (χ1) is 6.27. The van der Waals surface area contributed by atoms with Gasteiger partial charge in [0.2, 0.25) is 0 Å². The second-order valence-electron chi connectivity index (χ2n) is 2.36. The first-order valence-corrected chi connectivity index (χ1v) is 3.56. The van der Waals surface area contributed by atoms with E-state index < -0.39 is 5.97 Å². The van der Waals surface area contributed by atoms with Crippen molar-refractivity contribution in [2.24, 2.45) is 0 Å². The fraction of sp³-hybridized carbons (Fsp3) is 0.143. The Morgan fingerprint density at radius 3 is 3.08 bits per heavy atom. The number of aromatic nitrogens is 2. The molecule has 1 aliphatic rings. The predicted octanol–water partition coefficient (Wildman–Crippen LogP) is 0.341. The first kappa shape index (κ1) is 7.81. The van der Waals surface area contributed by atoms with Crippen LogP contribution in [-0.4, -0.2) is 27.5 Å². The number of rotatable bonds is 2. The van der Waals surface area contributed by atoms with E-state index in [0.29, 0.717) is 12.5 Å². The van der Waals surface area contributed by atoms with Crippen molar-refractivity contribution >= 4 is 11.9 Å². The summed E-state index contributed by atoms with van der Waals surface area (Å²) in [5.74, 6) is -0.689. The quantitative estimate of drug-likeness (QED) is 0.667. The monoisotopic (exact) mass is 182 g/mol. The van der Waals surface area contributed by atoms with Gasteiger partial charge in [0.05, 0.1) is 0 Å². The number of nitrogens with zero attached hydrogens (tertiary/aromatic N) is 2. The summed E-state index contributed by atoms with van der Waals surface area (Å²) < 4.78 is 1.30. The van der Waals surface area contributed by atoms with Crippen LogP contribution in [0, 0.1) is 0 Å². The van der Waals surface area contributed by atoms with Crippen molar-refractivity contribution in [1.29, 1.82) is 0 Å². The smallest absolute Gasteiger partial charge is 0.356 e. The highest BCUT2D eigenvalue weighted by Gasteiger charge is 2.13. The zero-order chi connectivity index (χ0) is 9.26. The molecular weight excluding hydrogens is 176 g/mol. The summed E-state index contributed by atoms with van der Waals surface area (Å²) in [5, 5.41) is 12.3. The van der Waals surface area contributed by atoms with Gasteiger partial charge in [-0.25, -0.2) is 9.48 Å². The maximum Gasteiger partial charge on any atom is 0.356 e. The van der Waals surface area contributed by atoms with E-state index in [1.165, 1.54) is 16.9 Å². The van der Waals surface area contributed by atoms with Crippen molar-refractivity contribution in [3.63, 3.8) is 0 Å². The van der Waals surface area contributed by atoms with Gasteiger partial charge in [0.25, 0.3) is 5.88 Å². The molecule has 0 saturated heterocycles. The Kier molecular flexibility index (Phi) is 1.75. The molecule has 0 aliphatic carbocycles. The van der Waals surface area contributed by atoms with E-state index >= 15 is 0 Å². The summed E-state index contributed by atoms with van der Waals surface area (Å²) >= 11 is 0. The van der Waals surface area contributed by atoms with Gasteiger partial charge in [0.1, 0.15) is 6.61 Å². The van der Waals surface area contributed by atoms with Crippen LogP contribution in [0.1, 0.15) is 10.5 Å². The van der Waals surface area contributed by atoms with Crippen LogP contribution in [0.5, 0.6) is 0 Å². The molecule has 0 bridgehead atoms. The molecule has 0 unspecified atom stereocenters. The van der Waals surface area contributed by atoms with Crippen LogP contribution in [0.15, 0.2) is 18.3 Å². The molecule has 0 radical (unpaired) electrons. The lowest BCUT2D eigenvalue weighted by molar-refractivity contribution is -0.214. The number of hydrogen-bond donors (Lipinski definition) is 1. The van der Waals surface area contributed by atoms with Crippen molar-refractivity contribution < 1.29 is 19.7 Å². The van der Waals surface area contributed by atoms with E-state index in [9.17, 15) is 4.79 Å². The molecule has 0 aromatic carbocycles. The van der Waals surface area contributed by atoms with Crippen LogP contribution >= 0.6 is 0 Å². The molecule has 6 heteroatoms. The summed E-state index contributed by atoms with van der Waals surface area (Å²) in [6.45, 7) is 0.345. The summed E-state index contributed by atoms with van der Waals surface area (Å²) in [6, 6.07) is 1.38. The largest absolute Gasteiger partial charge is 0.476 e. The molecule has 0 atom stereocenters. The molecule has 2 rings (SSSR count). The summed E-state index contributed by atoms with van der Waals surface area (Å²) in [5.41, 5.74) is -0.0311. The molecule has 68 valence electrons. The Hall–Kier alpha value is -1.82. The summed E-state index contributed by atoms with van der Waals surface area (Å²) in [4.78, 5) is 19.7. The number of carboxylic acids is 1. The lowest BCUT2D eigenvalue weighted by Gasteiger charge is -1.98. The Morgan fingerprint density at radius 2 is 2.54 bits per heavy atom. The highest BCUT2D eigenvalue weighted by molar-refractivity contribution is 5.85. The van der Waals surface area contributed by atoms with E-state index in [4.69, 9.17) is 9.99 Å². The third-order valence-electron chi connectivity index (χ3n) is 1.50. The highest BCUT2D eigenvalue weighted by Crippen LogP contribution is 2.12. The molecule has 6 nitrogen and oxygen atoms in total. The minimum absolute atomic E-state index is 0.0311. The van der Waals surface area contributed by atoms with E-state index in [1.807, 2.05) is 0 Å². The van der Waals surface area contributed by atoms with Crippen LogP contribution in [0.2, 0.25) is 0 Å². The zero-order valence-corrected chi connectivity index (χ0v) is 6.51. The van der Waals surface area contributed by atoms with Crippen molar-refractivity contribution in [2.45, 2.75) is 0 Å². The number of carbonyl (C=O) groups is 1. The molecule has 1 N–H and O–H groups in total. The highest BCUT2D eigenvalue weighted by atomic mass is 17.2. The van der Waals surface area contributed by atoms with Crippen LogP contribution in [0.25, 0.3) is 5.88 Å². The summed E-state index contributed by atoms with van der Waals surface area (Å²) in [7, 11) is 0. The molecule has 0 saturated carbocycles. The molecule has 2 heterocycles. The fourth-order valence-corrected chi connectivity index (χ4v) is 0.926. The predicted molar refractivity (Wildman–Crippen MR) is 40.5 cm³/mol. The minimum Gasteiger partial charge on any atom is -0.476 e. The van der Waals surface area contributed by atoms with Gasteiger partial charge in [-0.1, -0.05) is 0 Å². The zero-order valence-electron chi connectivity index (χ0n) is 6.51. The standard InChI is InChI=1S/C7H6N2O4/c10-7(11)5-1-3-9(8-5)6-2-4-12-13-6/h1-3H,4H2,(H,10,11). The molecule has 1 aliphatic heterocycles. The number of aromatic carboxylic acids is 1. The van der Waals surface area contributed by atoms with E-state index in [2.05, 4.69) is 9.99 Å². The van der Waals surface area contributed by atoms with Gasteiger partial charge in [0.15, 0.2) is 5.69 Å². The molecule has 0 fully saturated rings. The van der Waals surface area contributed by atoms with Gasteiger partial charge >= 0.3 is 5.97 Å². The second-order valence-corrected chi connectivity index (χ2v) is 2.36. The number of hydrogen-bond acceptors (Lipinski definition) is 4. The third-order valence-corrected chi connectivity index (χ3v) is 1.50. The SMILES string of the molecule is O=C(O)c1ccn(C2=CCOO2)n1. The van der Waals surface area contributed by atoms with E-state index in [0.717, 1.165) is 0 Å². The van der Waals surface area contributed by atoms with Gasteiger partial charge in [0, 0.05) is 12.3 Å². The molecular formula is C7H6N2O4. The molecule has 1 aromatic heterocycles. The Morgan fingerprint density at radius 1 is 1.69 bits per heavy atom. The van der Waals surface area contributed by atoms with Crippen LogP contribution in [0.3, 0.4) is 0 Å². The molecule has 0 spiro atoms. The number of carboxylic acid groups (broad SMARTS) is 1. The molecule has 0 amide bonds. The molecule has 1 aromatic rings. The van der Waals surface area contributed by atoms with E-state index in [1.54, 1.807) is 6.08 Å². The van der Waals surface area contributed by atoms with Crippen LogP contribution < -0.4 is 0 Å². The lowest BCUT2D eigenvalue weighted by Crippen LogP contribution is -2.02. The van der Waals surface area contributed by atoms with Gasteiger partial charge in [-0.15, -0.1) is 0 Å². The first-order valence-electron chi connectivity index (χ1n) is 3.56. The van der Waals surface area contributed by atoms with Gasteiger partial charge in [-0.2, -0.15) is 9.99 Å². The van der Waals surface area contributed by atoms with Crippen LogP contribution in [-0.2, 0) is 9.78 Å². The molecule has 13 heavy (non-hydrogen) atoms. The van der Waals surface area contributed by atoms with Crippen molar-refractivity contribution in [2.75, 3.05) is 6.61 Å². The maximum atomic E-state index is 10.5. The van der Waals surface area contributed by atoms with Crippen molar-refractivity contribution in [3.8, 4) is 0 Å². The Balaban J connectivity index is 2.27. The maximum absolute atomic E-state index is 10.5. The average molecular weight is 182 g/mol. The Labute approximate surface area is 72.9 Å². The third kappa shape index (κ3) is 1.38. The van der Waals surface area contributed by atoms with Crippen molar-refractivity contribution in [3.05, 3.63) is 24.0 Å². The average Bonchev–Trinajstić information content (AvgIpc) is 2.75. The Bertz CT molecular complexity index is 368. The van der Waals surface area contributed by atoms with Crippen molar-refractivity contribution in [1.82, 2.24) is 9.78 Å². The fourth-order valence-electron chi connectivity index (χ4n) is 0.926. The second kappa shape index (κ2) is 2.91. The topological polar surface area (TPSA) is 73.6 Å².